The molecule has 7 heteroatoms. The van der Waals surface area contributed by atoms with Gasteiger partial charge in [0.15, 0.2) is 12.4 Å². The van der Waals surface area contributed by atoms with Gasteiger partial charge in [-0.15, -0.1) is 0 Å². The van der Waals surface area contributed by atoms with Gasteiger partial charge in [0, 0.05) is 6.20 Å². The fourth-order valence-electron chi connectivity index (χ4n) is 1.65. The summed E-state index contributed by atoms with van der Waals surface area (Å²) in [6, 6.07) is 13.3. The number of nitrogens with zero attached hydrogens (tertiary/aromatic N) is 1. The predicted octanol–water partition coefficient (Wildman–Crippen LogP) is 3.26. The van der Waals surface area contributed by atoms with Crippen molar-refractivity contribution in [2.75, 3.05) is 0 Å². The molecule has 1 aromatic carbocycles. The summed E-state index contributed by atoms with van der Waals surface area (Å²) in [5, 5.41) is 0. The summed E-state index contributed by atoms with van der Waals surface area (Å²) >= 11 is 0.876. The van der Waals surface area contributed by atoms with Gasteiger partial charge in [0.2, 0.25) is 0 Å². The number of rotatable bonds is 8. The number of hydrogen-bond donors (Lipinski definition) is 1. The molecule has 0 aliphatic heterocycles. The lowest BCUT2D eigenvalue weighted by atomic mass is 10.2. The van der Waals surface area contributed by atoms with E-state index in [4.69, 9.17) is 14.7 Å². The lowest BCUT2D eigenvalue weighted by molar-refractivity contribution is -0.116. The molecule has 0 saturated carbocycles. The molecule has 5 nitrogen and oxygen atoms in total. The molecule has 1 aromatic heterocycles. The highest BCUT2D eigenvalue weighted by molar-refractivity contribution is 7.93. The molecule has 0 saturated heterocycles. The van der Waals surface area contributed by atoms with E-state index in [1.807, 2.05) is 30.3 Å². The Morgan fingerprint density at radius 3 is 2.65 bits per heavy atom. The third-order valence-electron chi connectivity index (χ3n) is 2.75. The number of carbonyl (C=O) groups excluding carboxylic acids is 1. The molecule has 120 valence electrons. The number of halogens is 1. The summed E-state index contributed by atoms with van der Waals surface area (Å²) in [4.78, 5) is 15.0. The molecular formula is C16H15FN2O3S. The second-order valence-electron chi connectivity index (χ2n) is 4.40. The van der Waals surface area contributed by atoms with Crippen LogP contribution in [0, 0.1) is 0 Å². The van der Waals surface area contributed by atoms with E-state index >= 15 is 0 Å². The smallest absolute Gasteiger partial charge is 0.345 e. The van der Waals surface area contributed by atoms with Gasteiger partial charge in [-0.05, 0) is 17.7 Å². The molecule has 0 amide bonds. The van der Waals surface area contributed by atoms with Crippen LogP contribution in [-0.4, -0.2) is 11.3 Å². The van der Waals surface area contributed by atoms with Crippen LogP contribution < -0.4 is 5.73 Å². The molecular weight excluding hydrogens is 319 g/mol. The number of aromatic nitrogens is 1. The Morgan fingerprint density at radius 2 is 2.00 bits per heavy atom. The molecule has 0 aliphatic rings. The molecule has 2 N–H and O–H groups in total. The normalized spacial score (nSPS) is 12.9. The Hall–Kier alpha value is -2.54. The molecule has 2 rings (SSSR count). The highest BCUT2D eigenvalue weighted by Gasteiger charge is 2.17. The number of pyridine rings is 1. The lowest BCUT2D eigenvalue weighted by Gasteiger charge is -2.13. The molecule has 1 atom stereocenters. The van der Waals surface area contributed by atoms with Gasteiger partial charge in [-0.25, -0.2) is 0 Å². The van der Waals surface area contributed by atoms with Crippen LogP contribution in [0.1, 0.15) is 17.4 Å². The number of ether oxygens (including phenoxy) is 1. The summed E-state index contributed by atoms with van der Waals surface area (Å²) in [5.41, 5.74) is 6.77. The first-order chi connectivity index (χ1) is 11.2. The molecule has 1 unspecified atom stereocenters. The van der Waals surface area contributed by atoms with E-state index < -0.39 is 18.0 Å². The van der Waals surface area contributed by atoms with Crippen molar-refractivity contribution in [1.29, 1.82) is 0 Å². The summed E-state index contributed by atoms with van der Waals surface area (Å²) in [7, 11) is 0. The molecule has 1 heterocycles. The molecule has 0 bridgehead atoms. The zero-order valence-corrected chi connectivity index (χ0v) is 12.9. The van der Waals surface area contributed by atoms with Gasteiger partial charge in [-0.3, -0.25) is 9.78 Å². The van der Waals surface area contributed by atoms with E-state index in [-0.39, 0.29) is 0 Å². The van der Waals surface area contributed by atoms with Crippen LogP contribution in [0.2, 0.25) is 0 Å². The van der Waals surface area contributed by atoms with Crippen molar-refractivity contribution in [1.82, 2.24) is 4.98 Å². The largest absolute Gasteiger partial charge is 0.457 e. The molecule has 23 heavy (non-hydrogen) atoms. The number of nitrogens with two attached hydrogens (primary N) is 1. The van der Waals surface area contributed by atoms with Crippen LogP contribution in [0.4, 0.5) is 4.39 Å². The predicted molar refractivity (Wildman–Crippen MR) is 85.3 cm³/mol. The van der Waals surface area contributed by atoms with Crippen molar-refractivity contribution < 1.29 is 18.1 Å². The average molecular weight is 334 g/mol. The van der Waals surface area contributed by atoms with E-state index in [0.29, 0.717) is 17.7 Å². The first kappa shape index (κ1) is 16.8. The number of carbonyl (C=O) groups is 1. The molecule has 0 spiro atoms. The first-order valence-electron chi connectivity index (χ1n) is 6.72. The Labute approximate surface area is 137 Å². The summed E-state index contributed by atoms with van der Waals surface area (Å²) in [5.74, 6) is -0.160. The van der Waals surface area contributed by atoms with Crippen LogP contribution in [0.3, 0.4) is 0 Å². The van der Waals surface area contributed by atoms with Crippen molar-refractivity contribution in [3.8, 4) is 0 Å². The highest BCUT2D eigenvalue weighted by atomic mass is 32.2. The minimum absolute atomic E-state index is 0.329. The summed E-state index contributed by atoms with van der Waals surface area (Å²) < 4.78 is 23.7. The third-order valence-corrected chi connectivity index (χ3v) is 3.47. The van der Waals surface area contributed by atoms with Gasteiger partial charge in [0.25, 0.3) is 5.88 Å². The lowest BCUT2D eigenvalue weighted by Crippen LogP contribution is -2.13. The van der Waals surface area contributed by atoms with Crippen molar-refractivity contribution in [2.45, 2.75) is 11.9 Å². The van der Waals surface area contributed by atoms with Crippen molar-refractivity contribution in [3.05, 3.63) is 77.9 Å². The van der Waals surface area contributed by atoms with E-state index in [1.54, 1.807) is 18.2 Å². The topological polar surface area (TPSA) is 74.4 Å². The Kier molecular flexibility index (Phi) is 6.43. The number of hydrogen-bond acceptors (Lipinski definition) is 6. The minimum Gasteiger partial charge on any atom is -0.457 e. The molecule has 0 fully saturated rings. The number of benzene rings is 1. The molecule has 2 aromatic rings. The van der Waals surface area contributed by atoms with E-state index in [9.17, 15) is 9.18 Å². The molecule has 0 aliphatic carbocycles. The first-order valence-corrected chi connectivity index (χ1v) is 7.63. The van der Waals surface area contributed by atoms with E-state index in [2.05, 4.69) is 4.98 Å². The van der Waals surface area contributed by atoms with Crippen molar-refractivity contribution >= 4 is 18.3 Å². The maximum Gasteiger partial charge on any atom is 0.345 e. The average Bonchev–Trinajstić information content (AvgIpc) is 2.61. The number of aldehydes is 1. The second kappa shape index (κ2) is 8.79. The second-order valence-corrected chi connectivity index (χ2v) is 5.09. The fourth-order valence-corrected chi connectivity index (χ4v) is 2.22. The SMILES string of the molecule is N/C(OC(C=O)c1ccccn1)=C(/F)OSCc1ccccc1. The van der Waals surface area contributed by atoms with Gasteiger partial charge in [-0.2, -0.15) is 4.39 Å². The van der Waals surface area contributed by atoms with Crippen molar-refractivity contribution in [2.24, 2.45) is 5.73 Å². The summed E-state index contributed by atoms with van der Waals surface area (Å²) in [6.07, 6.45) is 0.890. The standard InChI is InChI=1S/C16H15FN2O3S/c17-15(22-23-11-12-6-2-1-3-7-12)16(18)21-14(10-20)13-8-4-5-9-19-13/h1-10,14H,11,18H2/b16-15+. The van der Waals surface area contributed by atoms with E-state index in [0.717, 1.165) is 17.6 Å². The van der Waals surface area contributed by atoms with Crippen LogP contribution >= 0.6 is 12.0 Å². The Morgan fingerprint density at radius 1 is 1.26 bits per heavy atom. The maximum atomic E-state index is 13.8. The monoisotopic (exact) mass is 334 g/mol. The quantitative estimate of drug-likeness (QED) is 0.454. The maximum absolute atomic E-state index is 13.8. The zero-order valence-electron chi connectivity index (χ0n) is 12.1. The zero-order chi connectivity index (χ0) is 16.5. The van der Waals surface area contributed by atoms with Crippen LogP contribution in [0.5, 0.6) is 0 Å². The Bertz CT molecular complexity index is 653. The van der Waals surface area contributed by atoms with Gasteiger partial charge >= 0.3 is 6.01 Å². The minimum atomic E-state index is -1.09. The van der Waals surface area contributed by atoms with Gasteiger partial charge in [0.05, 0.1) is 23.5 Å². The Balaban J connectivity index is 1.90. The van der Waals surface area contributed by atoms with Crippen LogP contribution in [0.15, 0.2) is 66.6 Å². The summed E-state index contributed by atoms with van der Waals surface area (Å²) in [6.45, 7) is 0. The van der Waals surface area contributed by atoms with Crippen molar-refractivity contribution in [3.63, 3.8) is 0 Å². The highest BCUT2D eigenvalue weighted by Crippen LogP contribution is 2.22. The molecule has 0 radical (unpaired) electrons. The van der Waals surface area contributed by atoms with Gasteiger partial charge in [-0.1, -0.05) is 36.4 Å². The van der Waals surface area contributed by atoms with Crippen LogP contribution in [-0.2, 0) is 19.5 Å². The van der Waals surface area contributed by atoms with E-state index in [1.165, 1.54) is 6.20 Å². The van der Waals surface area contributed by atoms with Crippen LogP contribution in [0.25, 0.3) is 0 Å². The van der Waals surface area contributed by atoms with Gasteiger partial charge < -0.3 is 14.7 Å². The third kappa shape index (κ3) is 5.30. The fraction of sp³-hybridized carbons (Fsp3) is 0.125. The van der Waals surface area contributed by atoms with Gasteiger partial charge in [0.1, 0.15) is 0 Å².